The fourth-order valence-corrected chi connectivity index (χ4v) is 4.42. The molecule has 0 aliphatic heterocycles. The molecule has 2 rings (SSSR count). The topological polar surface area (TPSA) is 74.6 Å². The number of allylic oxidation sites excluding steroid dienone is 2. The van der Waals surface area contributed by atoms with Gasteiger partial charge in [0.25, 0.3) is 0 Å². The minimum absolute atomic E-state index is 0.228. The summed E-state index contributed by atoms with van der Waals surface area (Å²) in [5.41, 5.74) is 3.45. The summed E-state index contributed by atoms with van der Waals surface area (Å²) in [7, 11) is 0. The normalized spacial score (nSPS) is 15.3. The molecule has 1 aliphatic carbocycles. The summed E-state index contributed by atoms with van der Waals surface area (Å²) < 4.78 is 0. The number of aryl methyl sites for hydroxylation is 1. The van der Waals surface area contributed by atoms with Crippen molar-refractivity contribution in [2.45, 2.75) is 82.1 Å². The van der Waals surface area contributed by atoms with E-state index in [1.54, 1.807) is 11.8 Å². The molecule has 5 heteroatoms. The van der Waals surface area contributed by atoms with Gasteiger partial charge < -0.3 is 10.2 Å². The molecule has 0 amide bonds. The van der Waals surface area contributed by atoms with Crippen LogP contribution in [0.25, 0.3) is 0 Å². The summed E-state index contributed by atoms with van der Waals surface area (Å²) in [4.78, 5) is 23.9. The van der Waals surface area contributed by atoms with E-state index in [2.05, 4.69) is 31.2 Å². The molecule has 0 heterocycles. The molecule has 1 aromatic carbocycles. The fourth-order valence-electron chi connectivity index (χ4n) is 3.54. The minimum atomic E-state index is -0.741. The van der Waals surface area contributed by atoms with Gasteiger partial charge in [-0.05, 0) is 63.2 Å². The summed E-state index contributed by atoms with van der Waals surface area (Å²) in [5.74, 6) is 0.197. The van der Waals surface area contributed by atoms with Crippen molar-refractivity contribution in [2.75, 3.05) is 5.75 Å². The van der Waals surface area contributed by atoms with Crippen LogP contribution in [0.3, 0.4) is 0 Å². The Labute approximate surface area is 172 Å². The number of carboxylic acids is 1. The Balaban J connectivity index is 1.71. The van der Waals surface area contributed by atoms with Crippen LogP contribution in [0, 0.1) is 6.92 Å². The van der Waals surface area contributed by atoms with Crippen molar-refractivity contribution in [1.29, 1.82) is 0 Å². The summed E-state index contributed by atoms with van der Waals surface area (Å²) in [6.07, 6.45) is 7.12. The molecule has 0 saturated heterocycles. The van der Waals surface area contributed by atoms with Crippen molar-refractivity contribution < 1.29 is 19.8 Å². The zero-order valence-electron chi connectivity index (χ0n) is 16.8. The number of hydrogen-bond donors (Lipinski definition) is 2. The van der Waals surface area contributed by atoms with Crippen LogP contribution in [-0.2, 0) is 9.59 Å². The Morgan fingerprint density at radius 1 is 1.07 bits per heavy atom. The lowest BCUT2D eigenvalue weighted by atomic mass is 9.99. The predicted octanol–water partition coefficient (Wildman–Crippen LogP) is 5.31. The molecule has 4 nitrogen and oxygen atoms in total. The van der Waals surface area contributed by atoms with Crippen LogP contribution in [0.5, 0.6) is 0 Å². The van der Waals surface area contributed by atoms with Gasteiger partial charge in [0.05, 0.1) is 6.10 Å². The maximum atomic E-state index is 12.2. The van der Waals surface area contributed by atoms with E-state index in [4.69, 9.17) is 5.11 Å². The van der Waals surface area contributed by atoms with Crippen LogP contribution in [0.4, 0.5) is 0 Å². The third kappa shape index (κ3) is 8.19. The largest absolute Gasteiger partial charge is 0.481 e. The third-order valence-electron chi connectivity index (χ3n) is 5.23. The highest BCUT2D eigenvalue weighted by Gasteiger charge is 2.22. The fraction of sp³-hybridized carbons (Fsp3) is 0.565. The highest BCUT2D eigenvalue weighted by atomic mass is 32.2. The molecule has 0 fully saturated rings. The molecule has 0 saturated carbocycles. The number of benzene rings is 1. The number of aliphatic carboxylic acids is 1. The lowest BCUT2D eigenvalue weighted by Crippen LogP contribution is -2.10. The van der Waals surface area contributed by atoms with Gasteiger partial charge in [0, 0.05) is 23.5 Å². The van der Waals surface area contributed by atoms with Gasteiger partial charge in [-0.2, -0.15) is 0 Å². The van der Waals surface area contributed by atoms with Crippen LogP contribution >= 0.6 is 11.8 Å². The SMILES string of the molecule is Cc1ccc(SCC(O)CCC2=C(CCCCCCC(=O)O)C(=O)CC2)cc1. The van der Waals surface area contributed by atoms with Crippen molar-refractivity contribution in [3.8, 4) is 0 Å². The first-order chi connectivity index (χ1) is 13.5. The van der Waals surface area contributed by atoms with E-state index in [-0.39, 0.29) is 18.3 Å². The smallest absolute Gasteiger partial charge is 0.303 e. The summed E-state index contributed by atoms with van der Waals surface area (Å²) in [5, 5.41) is 19.0. The number of thioether (sulfide) groups is 1. The van der Waals surface area contributed by atoms with Gasteiger partial charge in [-0.1, -0.05) is 36.1 Å². The molecular weight excluding hydrogens is 372 g/mol. The van der Waals surface area contributed by atoms with Gasteiger partial charge in [0.15, 0.2) is 5.78 Å². The number of rotatable bonds is 13. The number of aliphatic hydroxyl groups is 1. The molecule has 154 valence electrons. The Bertz CT molecular complexity index is 678. The second kappa shape index (κ2) is 12.1. The molecule has 0 radical (unpaired) electrons. The second-order valence-electron chi connectivity index (χ2n) is 7.63. The number of Topliss-reactive ketones (excluding diaryl/α,β-unsaturated/α-hetero) is 1. The monoisotopic (exact) mass is 404 g/mol. The molecule has 28 heavy (non-hydrogen) atoms. The Hall–Kier alpha value is -1.59. The average Bonchev–Trinajstić information content (AvgIpc) is 3.02. The number of aliphatic hydroxyl groups excluding tert-OH is 1. The van der Waals surface area contributed by atoms with Crippen molar-refractivity contribution in [2.24, 2.45) is 0 Å². The molecule has 0 spiro atoms. The lowest BCUT2D eigenvalue weighted by molar-refractivity contribution is -0.137. The van der Waals surface area contributed by atoms with E-state index >= 15 is 0 Å². The molecule has 2 N–H and O–H groups in total. The van der Waals surface area contributed by atoms with E-state index < -0.39 is 5.97 Å². The molecule has 1 aromatic rings. The first kappa shape index (κ1) is 22.7. The van der Waals surface area contributed by atoms with Gasteiger partial charge in [-0.3, -0.25) is 9.59 Å². The highest BCUT2D eigenvalue weighted by molar-refractivity contribution is 7.99. The third-order valence-corrected chi connectivity index (χ3v) is 6.38. The van der Waals surface area contributed by atoms with Gasteiger partial charge in [-0.15, -0.1) is 11.8 Å². The molecule has 0 aromatic heterocycles. The molecule has 1 unspecified atom stereocenters. The lowest BCUT2D eigenvalue weighted by Gasteiger charge is -2.12. The van der Waals surface area contributed by atoms with E-state index in [9.17, 15) is 14.7 Å². The molecular formula is C23H32O4S. The highest BCUT2D eigenvalue weighted by Crippen LogP contribution is 2.31. The van der Waals surface area contributed by atoms with Crippen molar-refractivity contribution in [1.82, 2.24) is 0 Å². The zero-order chi connectivity index (χ0) is 20.4. The van der Waals surface area contributed by atoms with Crippen LogP contribution in [0.2, 0.25) is 0 Å². The van der Waals surface area contributed by atoms with Crippen molar-refractivity contribution in [3.05, 3.63) is 41.0 Å². The van der Waals surface area contributed by atoms with E-state index in [0.29, 0.717) is 25.0 Å². The Kier molecular flexibility index (Phi) is 9.79. The van der Waals surface area contributed by atoms with Gasteiger partial charge in [-0.25, -0.2) is 0 Å². The summed E-state index contributed by atoms with van der Waals surface area (Å²) in [6.45, 7) is 2.06. The molecule has 1 aliphatic rings. The van der Waals surface area contributed by atoms with Gasteiger partial charge >= 0.3 is 5.97 Å². The Morgan fingerprint density at radius 2 is 1.79 bits per heavy atom. The molecule has 1 atom stereocenters. The Morgan fingerprint density at radius 3 is 2.50 bits per heavy atom. The minimum Gasteiger partial charge on any atom is -0.481 e. The first-order valence-electron chi connectivity index (χ1n) is 10.3. The quantitative estimate of drug-likeness (QED) is 0.344. The predicted molar refractivity (Wildman–Crippen MR) is 114 cm³/mol. The van der Waals surface area contributed by atoms with Crippen LogP contribution in [0.1, 0.15) is 69.8 Å². The maximum absolute atomic E-state index is 12.2. The molecule has 0 bridgehead atoms. The first-order valence-corrected chi connectivity index (χ1v) is 11.3. The number of carbonyl (C=O) groups excluding carboxylic acids is 1. The summed E-state index contributed by atoms with van der Waals surface area (Å²) >= 11 is 1.67. The maximum Gasteiger partial charge on any atom is 0.303 e. The van der Waals surface area contributed by atoms with Gasteiger partial charge in [0.2, 0.25) is 0 Å². The second-order valence-corrected chi connectivity index (χ2v) is 8.72. The van der Waals surface area contributed by atoms with Crippen molar-refractivity contribution >= 4 is 23.5 Å². The van der Waals surface area contributed by atoms with Gasteiger partial charge in [0.1, 0.15) is 0 Å². The number of unbranched alkanes of at least 4 members (excludes halogenated alkanes) is 3. The standard InChI is InChI=1S/C23H32O4S/c1-17-8-13-20(14-9-17)28-16-19(24)12-10-18-11-15-22(25)21(18)6-4-2-3-5-7-23(26)27/h8-9,13-14,19,24H,2-7,10-12,15-16H2,1H3,(H,26,27). The number of carbonyl (C=O) groups is 2. The van der Waals surface area contributed by atoms with E-state index in [1.165, 1.54) is 16.0 Å². The van der Waals surface area contributed by atoms with E-state index in [0.717, 1.165) is 44.1 Å². The number of carboxylic acid groups (broad SMARTS) is 1. The average molecular weight is 405 g/mol. The summed E-state index contributed by atoms with van der Waals surface area (Å²) in [6, 6.07) is 8.33. The van der Waals surface area contributed by atoms with Crippen LogP contribution < -0.4 is 0 Å². The zero-order valence-corrected chi connectivity index (χ0v) is 17.6. The van der Waals surface area contributed by atoms with E-state index in [1.807, 2.05) is 0 Å². The number of ketones is 1. The van der Waals surface area contributed by atoms with Crippen molar-refractivity contribution in [3.63, 3.8) is 0 Å². The number of hydrogen-bond acceptors (Lipinski definition) is 4. The van der Waals surface area contributed by atoms with Crippen LogP contribution in [0.15, 0.2) is 40.3 Å². The van der Waals surface area contributed by atoms with Crippen LogP contribution in [-0.4, -0.2) is 33.8 Å².